The van der Waals surface area contributed by atoms with Crippen LogP contribution in [0.3, 0.4) is 0 Å². The molecule has 0 aliphatic heterocycles. The number of aryl methyl sites for hydroxylation is 1. The highest BCUT2D eigenvalue weighted by Crippen LogP contribution is 2.29. The summed E-state index contributed by atoms with van der Waals surface area (Å²) in [4.78, 5) is 33.2. The van der Waals surface area contributed by atoms with Gasteiger partial charge in [0.25, 0.3) is 5.56 Å². The molecule has 0 saturated heterocycles. The highest BCUT2D eigenvalue weighted by atomic mass is 19.3. The maximum Gasteiger partial charge on any atom is 0.387 e. The number of methoxy groups -OCH3 is 1. The summed E-state index contributed by atoms with van der Waals surface area (Å²) in [5, 5.41) is 0.498. The van der Waals surface area contributed by atoms with Crippen LogP contribution in [-0.2, 0) is 17.8 Å². The van der Waals surface area contributed by atoms with Gasteiger partial charge in [-0.25, -0.2) is 4.98 Å². The van der Waals surface area contributed by atoms with Crippen LogP contribution in [0.1, 0.15) is 17.8 Å². The zero-order chi connectivity index (χ0) is 21.7. The lowest BCUT2D eigenvalue weighted by Crippen LogP contribution is -2.27. The van der Waals surface area contributed by atoms with E-state index in [1.807, 2.05) is 0 Å². The quantitative estimate of drug-likeness (QED) is 0.609. The van der Waals surface area contributed by atoms with Gasteiger partial charge in [0, 0.05) is 26.4 Å². The Morgan fingerprint density at radius 3 is 2.70 bits per heavy atom. The van der Waals surface area contributed by atoms with Crippen LogP contribution in [0.15, 0.2) is 47.3 Å². The van der Waals surface area contributed by atoms with Gasteiger partial charge in [-0.2, -0.15) is 8.78 Å². The molecule has 0 unspecified atom stereocenters. The Morgan fingerprint density at radius 2 is 1.97 bits per heavy atom. The summed E-state index contributed by atoms with van der Waals surface area (Å²) in [6, 6.07) is 11.5. The molecule has 0 fully saturated rings. The first kappa shape index (κ1) is 21.2. The molecule has 9 heteroatoms. The minimum Gasteiger partial charge on any atom is -0.493 e. The fraction of sp³-hybridized carbons (Fsp3) is 0.286. The zero-order valence-corrected chi connectivity index (χ0v) is 16.5. The number of hydrogen-bond donors (Lipinski definition) is 1. The first-order chi connectivity index (χ1) is 14.4. The number of fused-ring (bicyclic) bond motifs is 1. The number of aromatic amines is 1. The predicted octanol–water partition coefficient (Wildman–Crippen LogP) is 3.12. The number of amides is 1. The molecule has 0 aliphatic rings. The van der Waals surface area contributed by atoms with Crippen molar-refractivity contribution in [3.8, 4) is 11.5 Å². The highest BCUT2D eigenvalue weighted by molar-refractivity contribution is 5.78. The van der Waals surface area contributed by atoms with Crippen molar-refractivity contribution in [2.45, 2.75) is 26.0 Å². The average Bonchev–Trinajstić information content (AvgIpc) is 2.72. The van der Waals surface area contributed by atoms with Crippen molar-refractivity contribution in [2.24, 2.45) is 0 Å². The van der Waals surface area contributed by atoms with Gasteiger partial charge in [0.1, 0.15) is 5.82 Å². The second-order valence-electron chi connectivity index (χ2n) is 6.64. The Kier molecular flexibility index (Phi) is 6.61. The largest absolute Gasteiger partial charge is 0.493 e. The van der Waals surface area contributed by atoms with Crippen molar-refractivity contribution < 1.29 is 23.0 Å². The van der Waals surface area contributed by atoms with Gasteiger partial charge >= 0.3 is 6.61 Å². The van der Waals surface area contributed by atoms with E-state index in [9.17, 15) is 18.4 Å². The minimum atomic E-state index is -2.95. The van der Waals surface area contributed by atoms with Crippen molar-refractivity contribution in [3.63, 3.8) is 0 Å². The molecule has 158 valence electrons. The van der Waals surface area contributed by atoms with E-state index in [0.29, 0.717) is 22.3 Å². The molecule has 0 spiro atoms. The number of H-pyrrole nitrogens is 1. The zero-order valence-electron chi connectivity index (χ0n) is 16.5. The van der Waals surface area contributed by atoms with Gasteiger partial charge in [0.15, 0.2) is 11.5 Å². The summed E-state index contributed by atoms with van der Waals surface area (Å²) in [7, 11) is 2.98. The van der Waals surface area contributed by atoms with Crippen LogP contribution in [0, 0.1) is 0 Å². The Labute approximate surface area is 171 Å². The number of para-hydroxylation sites is 1. The van der Waals surface area contributed by atoms with Gasteiger partial charge < -0.3 is 19.4 Å². The molecule has 2 aromatic carbocycles. The SMILES string of the molecule is COc1cc(CN(C)C(=O)CCc2nc3ccccc3c(=O)[nH]2)ccc1OC(F)F. The molecule has 1 amide bonds. The van der Waals surface area contributed by atoms with Gasteiger partial charge in [0.05, 0.1) is 18.0 Å². The Bertz CT molecular complexity index is 1100. The van der Waals surface area contributed by atoms with Crippen LogP contribution in [0.4, 0.5) is 8.78 Å². The average molecular weight is 417 g/mol. The maximum atomic E-state index is 12.5. The molecule has 1 aromatic heterocycles. The molecule has 1 N–H and O–H groups in total. The lowest BCUT2D eigenvalue weighted by molar-refractivity contribution is -0.130. The highest BCUT2D eigenvalue weighted by Gasteiger charge is 2.14. The fourth-order valence-electron chi connectivity index (χ4n) is 3.04. The maximum absolute atomic E-state index is 12.5. The summed E-state index contributed by atoms with van der Waals surface area (Å²) in [6.07, 6.45) is 0.440. The third kappa shape index (κ3) is 5.11. The van der Waals surface area contributed by atoms with Crippen molar-refractivity contribution in [3.05, 3.63) is 64.2 Å². The molecular weight excluding hydrogens is 396 g/mol. The van der Waals surface area contributed by atoms with E-state index >= 15 is 0 Å². The number of halogens is 2. The number of nitrogens with zero attached hydrogens (tertiary/aromatic N) is 2. The number of carbonyl (C=O) groups is 1. The Hall–Kier alpha value is -3.49. The smallest absolute Gasteiger partial charge is 0.387 e. The number of alkyl halides is 2. The van der Waals surface area contributed by atoms with Crippen LogP contribution in [0.2, 0.25) is 0 Å². The molecule has 3 aromatic rings. The number of aromatic nitrogens is 2. The van der Waals surface area contributed by atoms with E-state index in [1.165, 1.54) is 18.1 Å². The third-order valence-corrected chi connectivity index (χ3v) is 4.53. The number of nitrogens with one attached hydrogen (secondary N) is 1. The van der Waals surface area contributed by atoms with Crippen LogP contribution in [0.25, 0.3) is 10.9 Å². The normalized spacial score (nSPS) is 11.0. The number of carbonyl (C=O) groups excluding carboxylic acids is 1. The minimum absolute atomic E-state index is 0.0726. The van der Waals surface area contributed by atoms with Crippen LogP contribution < -0.4 is 15.0 Å². The molecule has 30 heavy (non-hydrogen) atoms. The van der Waals surface area contributed by atoms with Crippen LogP contribution in [0.5, 0.6) is 11.5 Å². The first-order valence-electron chi connectivity index (χ1n) is 9.21. The lowest BCUT2D eigenvalue weighted by atomic mass is 10.1. The van der Waals surface area contributed by atoms with Crippen molar-refractivity contribution in [1.82, 2.24) is 14.9 Å². The van der Waals surface area contributed by atoms with E-state index in [4.69, 9.17) is 4.74 Å². The molecular formula is C21H21F2N3O4. The molecule has 1 heterocycles. The summed E-state index contributed by atoms with van der Waals surface area (Å²) in [5.41, 5.74) is 1.03. The molecule has 7 nitrogen and oxygen atoms in total. The van der Waals surface area contributed by atoms with Crippen molar-refractivity contribution >= 4 is 16.8 Å². The van der Waals surface area contributed by atoms with Crippen molar-refractivity contribution in [2.75, 3.05) is 14.2 Å². The predicted molar refractivity (Wildman–Crippen MR) is 107 cm³/mol. The van der Waals surface area contributed by atoms with Gasteiger partial charge in [0.2, 0.25) is 5.91 Å². The van der Waals surface area contributed by atoms with Crippen LogP contribution >= 0.6 is 0 Å². The topological polar surface area (TPSA) is 84.5 Å². The monoisotopic (exact) mass is 417 g/mol. The van der Waals surface area contributed by atoms with Gasteiger partial charge in [-0.1, -0.05) is 18.2 Å². The number of ether oxygens (including phenoxy) is 2. The summed E-state index contributed by atoms with van der Waals surface area (Å²) >= 11 is 0. The summed E-state index contributed by atoms with van der Waals surface area (Å²) < 4.78 is 34.3. The number of hydrogen-bond acceptors (Lipinski definition) is 5. The van der Waals surface area contributed by atoms with E-state index in [-0.39, 0.29) is 42.4 Å². The van der Waals surface area contributed by atoms with Crippen molar-refractivity contribution in [1.29, 1.82) is 0 Å². The van der Waals surface area contributed by atoms with E-state index in [0.717, 1.165) is 0 Å². The van der Waals surface area contributed by atoms with Gasteiger partial charge in [-0.05, 0) is 29.8 Å². The van der Waals surface area contributed by atoms with Gasteiger partial charge in [-0.15, -0.1) is 0 Å². The second-order valence-corrected chi connectivity index (χ2v) is 6.64. The van der Waals surface area contributed by atoms with E-state index in [1.54, 1.807) is 43.4 Å². The summed E-state index contributed by atoms with van der Waals surface area (Å²) in [6.45, 7) is -2.70. The molecule has 3 rings (SSSR count). The first-order valence-corrected chi connectivity index (χ1v) is 9.21. The van der Waals surface area contributed by atoms with Gasteiger partial charge in [-0.3, -0.25) is 9.59 Å². The number of rotatable bonds is 8. The molecule has 0 bridgehead atoms. The Morgan fingerprint density at radius 1 is 1.20 bits per heavy atom. The number of benzene rings is 2. The van der Waals surface area contributed by atoms with Crippen LogP contribution in [-0.4, -0.2) is 41.5 Å². The molecule has 0 aliphatic carbocycles. The lowest BCUT2D eigenvalue weighted by Gasteiger charge is -2.18. The summed E-state index contributed by atoms with van der Waals surface area (Å²) in [5.74, 6) is 0.372. The van der Waals surface area contributed by atoms with E-state index in [2.05, 4.69) is 14.7 Å². The third-order valence-electron chi connectivity index (χ3n) is 4.53. The standard InChI is InChI=1S/C21H21F2N3O4/c1-26(12-13-7-8-16(30-21(22)23)17(11-13)29-2)19(27)10-9-18-24-15-6-4-3-5-14(15)20(28)25-18/h3-8,11,21H,9-10,12H2,1-2H3,(H,24,25,28). The molecule has 0 radical (unpaired) electrons. The molecule has 0 saturated carbocycles. The Balaban J connectivity index is 1.63. The molecule has 0 atom stereocenters. The van der Waals surface area contributed by atoms with E-state index < -0.39 is 6.61 Å². The second kappa shape index (κ2) is 9.34. The fourth-order valence-corrected chi connectivity index (χ4v) is 3.04.